The highest BCUT2D eigenvalue weighted by Crippen LogP contribution is 2.32. The number of likely N-dealkylation sites (tertiary alicyclic amines) is 1. The van der Waals surface area contributed by atoms with Crippen LogP contribution in [-0.2, 0) is 6.42 Å². The molecule has 3 rings (SSSR count). The van der Waals surface area contributed by atoms with Crippen LogP contribution < -0.4 is 0 Å². The molecule has 2 heterocycles. The van der Waals surface area contributed by atoms with Gasteiger partial charge in [-0.2, -0.15) is 0 Å². The number of rotatable bonds is 3. The van der Waals surface area contributed by atoms with Gasteiger partial charge in [0.15, 0.2) is 0 Å². The third kappa shape index (κ3) is 2.90. The zero-order valence-electron chi connectivity index (χ0n) is 12.1. The lowest BCUT2D eigenvalue weighted by molar-refractivity contribution is 0.0262. The first-order chi connectivity index (χ1) is 9.70. The molecule has 0 radical (unpaired) electrons. The maximum absolute atomic E-state index is 11.0. The van der Waals surface area contributed by atoms with E-state index in [4.69, 9.17) is 0 Å². The molecule has 0 aliphatic carbocycles. The predicted molar refractivity (Wildman–Crippen MR) is 86.4 cm³/mol. The predicted octanol–water partition coefficient (Wildman–Crippen LogP) is 3.68. The minimum Gasteiger partial charge on any atom is -0.389 e. The molecule has 1 fully saturated rings. The molecule has 1 N–H and O–H groups in total. The van der Waals surface area contributed by atoms with E-state index in [9.17, 15) is 5.11 Å². The Balaban J connectivity index is 1.79. The van der Waals surface area contributed by atoms with Crippen molar-refractivity contribution in [1.29, 1.82) is 0 Å². The molecule has 108 valence electrons. The van der Waals surface area contributed by atoms with E-state index in [0.717, 1.165) is 45.3 Å². The van der Waals surface area contributed by atoms with Crippen LogP contribution in [0.1, 0.15) is 31.7 Å². The molecular formula is C17H23NOS. The molecule has 3 heteroatoms. The molecule has 1 atom stereocenters. The first-order valence-corrected chi connectivity index (χ1v) is 8.48. The van der Waals surface area contributed by atoms with Crippen molar-refractivity contribution in [3.05, 3.63) is 35.2 Å². The smallest absolute Gasteiger partial charge is 0.0701 e. The van der Waals surface area contributed by atoms with Gasteiger partial charge in [-0.1, -0.05) is 25.1 Å². The van der Waals surface area contributed by atoms with Crippen LogP contribution in [0.2, 0.25) is 0 Å². The van der Waals surface area contributed by atoms with Gasteiger partial charge in [0.05, 0.1) is 5.60 Å². The lowest BCUT2D eigenvalue weighted by Crippen LogP contribution is -2.33. The normalized spacial score (nSPS) is 24.9. The number of thiophene rings is 1. The molecule has 2 aromatic rings. The molecule has 0 saturated carbocycles. The van der Waals surface area contributed by atoms with E-state index in [-0.39, 0.29) is 0 Å². The summed E-state index contributed by atoms with van der Waals surface area (Å²) < 4.78 is 1.33. The molecule has 0 amide bonds. The fourth-order valence-electron chi connectivity index (χ4n) is 3.25. The van der Waals surface area contributed by atoms with E-state index in [1.807, 2.05) is 0 Å². The number of hydrogen-bond acceptors (Lipinski definition) is 3. The van der Waals surface area contributed by atoms with Gasteiger partial charge in [0.1, 0.15) is 0 Å². The lowest BCUT2D eigenvalue weighted by atomic mass is 9.87. The Bertz CT molecular complexity index is 579. The average molecular weight is 289 g/mol. The molecule has 1 aromatic carbocycles. The van der Waals surface area contributed by atoms with Crippen molar-refractivity contribution in [2.24, 2.45) is 0 Å². The first-order valence-electron chi connectivity index (χ1n) is 7.60. The minimum absolute atomic E-state index is 0.520. The van der Waals surface area contributed by atoms with Crippen LogP contribution in [0.3, 0.4) is 0 Å². The summed E-state index contributed by atoms with van der Waals surface area (Å²) in [5.41, 5.74) is 0.798. The highest BCUT2D eigenvalue weighted by atomic mass is 32.1. The van der Waals surface area contributed by atoms with Crippen LogP contribution in [0.25, 0.3) is 10.1 Å². The summed E-state index contributed by atoms with van der Waals surface area (Å²) in [6.45, 7) is 5.45. The van der Waals surface area contributed by atoms with Crippen molar-refractivity contribution in [1.82, 2.24) is 4.90 Å². The van der Waals surface area contributed by atoms with Crippen molar-refractivity contribution in [3.8, 4) is 0 Å². The highest BCUT2D eigenvalue weighted by Gasteiger charge is 2.30. The van der Waals surface area contributed by atoms with E-state index in [0.29, 0.717) is 0 Å². The van der Waals surface area contributed by atoms with Crippen LogP contribution in [-0.4, -0.2) is 35.2 Å². The number of fused-ring (bicyclic) bond motifs is 1. The number of benzene rings is 1. The van der Waals surface area contributed by atoms with Crippen molar-refractivity contribution in [2.45, 2.75) is 38.2 Å². The Labute approximate surface area is 125 Å². The van der Waals surface area contributed by atoms with E-state index in [1.54, 1.807) is 11.3 Å². The van der Waals surface area contributed by atoms with Crippen LogP contribution >= 0.6 is 11.3 Å². The molecular weight excluding hydrogens is 266 g/mol. The second kappa shape index (κ2) is 5.84. The van der Waals surface area contributed by atoms with Gasteiger partial charge in [0, 0.05) is 17.7 Å². The summed E-state index contributed by atoms with van der Waals surface area (Å²) in [6, 6.07) is 8.52. The van der Waals surface area contributed by atoms with Crippen molar-refractivity contribution >= 4 is 21.4 Å². The standard InChI is InChI=1S/C17H23NOS/c1-2-18-10-5-8-17(19,9-11-18)12-14-13-20-16-7-4-3-6-15(14)16/h3-4,6-7,13,19H,2,5,8-12H2,1H3. The lowest BCUT2D eigenvalue weighted by Gasteiger charge is -2.26. The Morgan fingerprint density at radius 3 is 2.95 bits per heavy atom. The van der Waals surface area contributed by atoms with Gasteiger partial charge in [-0.25, -0.2) is 0 Å². The topological polar surface area (TPSA) is 23.5 Å². The Hall–Kier alpha value is -0.900. The number of nitrogens with zero attached hydrogens (tertiary/aromatic N) is 1. The summed E-state index contributed by atoms with van der Waals surface area (Å²) in [5.74, 6) is 0. The van der Waals surface area contributed by atoms with Crippen LogP contribution in [0, 0.1) is 0 Å². The van der Waals surface area contributed by atoms with E-state index >= 15 is 0 Å². The Morgan fingerprint density at radius 1 is 1.25 bits per heavy atom. The summed E-state index contributed by atoms with van der Waals surface area (Å²) in [7, 11) is 0. The van der Waals surface area contributed by atoms with Crippen molar-refractivity contribution in [3.63, 3.8) is 0 Å². The van der Waals surface area contributed by atoms with Crippen LogP contribution in [0.5, 0.6) is 0 Å². The minimum atomic E-state index is -0.520. The number of hydrogen-bond donors (Lipinski definition) is 1. The summed E-state index contributed by atoms with van der Waals surface area (Å²) >= 11 is 1.79. The maximum Gasteiger partial charge on any atom is 0.0701 e. The summed E-state index contributed by atoms with van der Waals surface area (Å²) in [5, 5.41) is 14.5. The van der Waals surface area contributed by atoms with Gasteiger partial charge < -0.3 is 10.0 Å². The fourth-order valence-corrected chi connectivity index (χ4v) is 4.21. The Morgan fingerprint density at radius 2 is 2.10 bits per heavy atom. The van der Waals surface area contributed by atoms with Gasteiger partial charge in [-0.15, -0.1) is 11.3 Å². The van der Waals surface area contributed by atoms with E-state index in [1.165, 1.54) is 15.6 Å². The van der Waals surface area contributed by atoms with Gasteiger partial charge in [-0.05, 0) is 54.7 Å². The van der Waals surface area contributed by atoms with Gasteiger partial charge >= 0.3 is 0 Å². The molecule has 2 nitrogen and oxygen atoms in total. The largest absolute Gasteiger partial charge is 0.389 e. The molecule has 20 heavy (non-hydrogen) atoms. The van der Waals surface area contributed by atoms with Crippen LogP contribution in [0.4, 0.5) is 0 Å². The summed E-state index contributed by atoms with van der Waals surface area (Å²) in [4.78, 5) is 2.45. The van der Waals surface area contributed by atoms with E-state index in [2.05, 4.69) is 41.5 Å². The van der Waals surface area contributed by atoms with Crippen molar-refractivity contribution in [2.75, 3.05) is 19.6 Å². The monoisotopic (exact) mass is 289 g/mol. The Kier molecular flexibility index (Phi) is 4.11. The molecule has 1 aliphatic rings. The molecule has 1 unspecified atom stereocenters. The molecule has 1 aromatic heterocycles. The average Bonchev–Trinajstić information content (AvgIpc) is 2.75. The molecule has 0 bridgehead atoms. The van der Waals surface area contributed by atoms with Crippen LogP contribution in [0.15, 0.2) is 29.6 Å². The van der Waals surface area contributed by atoms with Gasteiger partial charge in [0.2, 0.25) is 0 Å². The zero-order valence-corrected chi connectivity index (χ0v) is 13.0. The third-order valence-electron chi connectivity index (χ3n) is 4.54. The highest BCUT2D eigenvalue weighted by molar-refractivity contribution is 7.17. The SMILES string of the molecule is CCN1CCCC(O)(Cc2csc3ccccc23)CC1. The molecule has 0 spiro atoms. The second-order valence-corrected chi connectivity index (χ2v) is 6.86. The summed E-state index contributed by atoms with van der Waals surface area (Å²) in [6.07, 6.45) is 3.72. The first kappa shape index (κ1) is 14.1. The molecule has 1 saturated heterocycles. The fraction of sp³-hybridized carbons (Fsp3) is 0.529. The number of aliphatic hydroxyl groups is 1. The quantitative estimate of drug-likeness (QED) is 0.931. The van der Waals surface area contributed by atoms with Gasteiger partial charge in [0.25, 0.3) is 0 Å². The zero-order chi connectivity index (χ0) is 14.0. The second-order valence-electron chi connectivity index (χ2n) is 5.95. The third-order valence-corrected chi connectivity index (χ3v) is 5.55. The van der Waals surface area contributed by atoms with E-state index < -0.39 is 5.60 Å². The van der Waals surface area contributed by atoms with Crippen molar-refractivity contribution < 1.29 is 5.11 Å². The van der Waals surface area contributed by atoms with Gasteiger partial charge in [-0.3, -0.25) is 0 Å². The maximum atomic E-state index is 11.0. The molecule has 1 aliphatic heterocycles.